The van der Waals surface area contributed by atoms with Crippen molar-refractivity contribution >= 4 is 33.8 Å². The van der Waals surface area contributed by atoms with Crippen LogP contribution in [0.1, 0.15) is 22.4 Å². The first-order chi connectivity index (χ1) is 9.67. The summed E-state index contributed by atoms with van der Waals surface area (Å²) in [4.78, 5) is 4.20. The van der Waals surface area contributed by atoms with E-state index in [-0.39, 0.29) is 16.8 Å². The summed E-state index contributed by atoms with van der Waals surface area (Å²) in [5.41, 5.74) is 7.77. The molecule has 1 aromatic heterocycles. The number of halogens is 1. The highest BCUT2D eigenvalue weighted by Crippen LogP contribution is 2.26. The van der Waals surface area contributed by atoms with Crippen LogP contribution in [-0.4, -0.2) is 4.98 Å². The van der Waals surface area contributed by atoms with Crippen LogP contribution in [0.5, 0.6) is 0 Å². The van der Waals surface area contributed by atoms with Crippen LogP contribution >= 0.6 is 15.9 Å². The molecule has 0 aliphatic heterocycles. The van der Waals surface area contributed by atoms with Gasteiger partial charge in [0.15, 0.2) is 0 Å². The van der Waals surface area contributed by atoms with Gasteiger partial charge in [0.1, 0.15) is 27.9 Å². The summed E-state index contributed by atoms with van der Waals surface area (Å²) in [5.74, 6) is 0. The zero-order chi connectivity index (χ0) is 14.5. The molecular weight excluding hydrogens is 316 g/mol. The van der Waals surface area contributed by atoms with Crippen LogP contribution in [0.2, 0.25) is 0 Å². The van der Waals surface area contributed by atoms with E-state index in [1.54, 1.807) is 6.08 Å². The molecule has 0 saturated heterocycles. The Morgan fingerprint density at radius 2 is 1.70 bits per heavy atom. The molecule has 1 aromatic carbocycles. The number of pyridine rings is 1. The normalized spacial score (nSPS) is 10.2. The summed E-state index contributed by atoms with van der Waals surface area (Å²) in [6.07, 6.45) is 3.54. The van der Waals surface area contributed by atoms with E-state index in [9.17, 15) is 5.26 Å². The van der Waals surface area contributed by atoms with E-state index in [0.717, 1.165) is 5.56 Å². The molecule has 0 radical (unpaired) electrons. The molecule has 0 amide bonds. The van der Waals surface area contributed by atoms with Gasteiger partial charge in [0.25, 0.3) is 0 Å². The SMILES string of the molecule is N#Cc1c(Br)nc(/C=C/c2ccccc2)c(C#N)c1N. The molecule has 0 unspecified atom stereocenters. The second kappa shape index (κ2) is 6.01. The lowest BCUT2D eigenvalue weighted by Gasteiger charge is -2.05. The van der Waals surface area contributed by atoms with Crippen molar-refractivity contribution < 1.29 is 0 Å². The fraction of sp³-hybridized carbons (Fsp3) is 0. The highest BCUT2D eigenvalue weighted by Gasteiger charge is 2.14. The fourth-order valence-corrected chi connectivity index (χ4v) is 2.17. The number of anilines is 1. The second-order valence-electron chi connectivity index (χ2n) is 3.92. The number of benzene rings is 1. The molecule has 0 atom stereocenters. The highest BCUT2D eigenvalue weighted by molar-refractivity contribution is 9.10. The zero-order valence-corrected chi connectivity index (χ0v) is 11.9. The lowest BCUT2D eigenvalue weighted by molar-refractivity contribution is 1.21. The quantitative estimate of drug-likeness (QED) is 0.858. The van der Waals surface area contributed by atoms with Crippen molar-refractivity contribution in [1.82, 2.24) is 4.98 Å². The molecule has 0 saturated carbocycles. The molecule has 2 aromatic rings. The smallest absolute Gasteiger partial charge is 0.126 e. The summed E-state index contributed by atoms with van der Waals surface area (Å²) >= 11 is 3.19. The third-order valence-corrected chi connectivity index (χ3v) is 3.25. The molecule has 0 fully saturated rings. The number of nitriles is 2. The van der Waals surface area contributed by atoms with E-state index in [1.165, 1.54) is 0 Å². The first-order valence-electron chi connectivity index (χ1n) is 5.69. The van der Waals surface area contributed by atoms with Crippen LogP contribution in [0.4, 0.5) is 5.69 Å². The van der Waals surface area contributed by atoms with E-state index in [4.69, 9.17) is 11.0 Å². The summed E-state index contributed by atoms with van der Waals surface area (Å²) in [6.45, 7) is 0. The van der Waals surface area contributed by atoms with Crippen LogP contribution < -0.4 is 5.73 Å². The first kappa shape index (κ1) is 13.8. The van der Waals surface area contributed by atoms with Gasteiger partial charge in [-0.2, -0.15) is 10.5 Å². The fourth-order valence-electron chi connectivity index (χ4n) is 1.68. The molecule has 96 valence electrons. The van der Waals surface area contributed by atoms with E-state index in [1.807, 2.05) is 48.5 Å². The molecule has 0 aliphatic carbocycles. The molecule has 0 aliphatic rings. The third-order valence-electron chi connectivity index (χ3n) is 2.68. The number of hydrogen-bond donors (Lipinski definition) is 1. The first-order valence-corrected chi connectivity index (χ1v) is 6.49. The van der Waals surface area contributed by atoms with Crippen molar-refractivity contribution in [2.45, 2.75) is 0 Å². The third kappa shape index (κ3) is 2.69. The van der Waals surface area contributed by atoms with Crippen molar-refractivity contribution in [3.05, 3.63) is 57.3 Å². The number of rotatable bonds is 2. The molecule has 0 bridgehead atoms. The predicted octanol–water partition coefficient (Wildman–Crippen LogP) is 3.34. The Morgan fingerprint density at radius 3 is 2.30 bits per heavy atom. The Morgan fingerprint density at radius 1 is 1.05 bits per heavy atom. The molecular formula is C15H9BrN4. The van der Waals surface area contributed by atoms with Gasteiger partial charge < -0.3 is 5.73 Å². The maximum Gasteiger partial charge on any atom is 0.126 e. The maximum atomic E-state index is 9.18. The van der Waals surface area contributed by atoms with Gasteiger partial charge in [-0.1, -0.05) is 36.4 Å². The molecule has 4 nitrogen and oxygen atoms in total. The van der Waals surface area contributed by atoms with E-state index < -0.39 is 0 Å². The second-order valence-corrected chi connectivity index (χ2v) is 4.67. The molecule has 5 heteroatoms. The van der Waals surface area contributed by atoms with Crippen molar-refractivity contribution in [3.8, 4) is 12.1 Å². The van der Waals surface area contributed by atoms with Crippen molar-refractivity contribution in [2.24, 2.45) is 0 Å². The lowest BCUT2D eigenvalue weighted by atomic mass is 10.1. The van der Waals surface area contributed by atoms with Gasteiger partial charge in [-0.05, 0) is 27.6 Å². The minimum atomic E-state index is 0.143. The van der Waals surface area contributed by atoms with Crippen LogP contribution in [0.25, 0.3) is 12.2 Å². The maximum absolute atomic E-state index is 9.18. The molecule has 20 heavy (non-hydrogen) atoms. The Kier molecular flexibility index (Phi) is 4.14. The average Bonchev–Trinajstić information content (AvgIpc) is 2.46. The Labute approximate surface area is 124 Å². The monoisotopic (exact) mass is 324 g/mol. The largest absolute Gasteiger partial charge is 0.396 e. The summed E-state index contributed by atoms with van der Waals surface area (Å²) < 4.78 is 0.337. The number of nitrogens with zero attached hydrogens (tertiary/aromatic N) is 3. The van der Waals surface area contributed by atoms with Crippen molar-refractivity contribution in [1.29, 1.82) is 10.5 Å². The highest BCUT2D eigenvalue weighted by atomic mass is 79.9. The molecule has 0 spiro atoms. The van der Waals surface area contributed by atoms with Gasteiger partial charge in [0.05, 0.1) is 11.4 Å². The Hall–Kier alpha value is -2.63. The molecule has 2 N–H and O–H groups in total. The van der Waals surface area contributed by atoms with Crippen molar-refractivity contribution in [3.63, 3.8) is 0 Å². The van der Waals surface area contributed by atoms with Crippen LogP contribution in [0.15, 0.2) is 34.9 Å². The predicted molar refractivity (Wildman–Crippen MR) is 81.1 cm³/mol. The lowest BCUT2D eigenvalue weighted by Crippen LogP contribution is -2.01. The minimum absolute atomic E-state index is 0.143. The van der Waals surface area contributed by atoms with Gasteiger partial charge in [-0.3, -0.25) is 0 Å². The van der Waals surface area contributed by atoms with Gasteiger partial charge >= 0.3 is 0 Å². The van der Waals surface area contributed by atoms with Gasteiger partial charge in [0.2, 0.25) is 0 Å². The summed E-state index contributed by atoms with van der Waals surface area (Å²) in [7, 11) is 0. The Bertz CT molecular complexity index is 752. The van der Waals surface area contributed by atoms with Gasteiger partial charge in [-0.25, -0.2) is 4.98 Å². The van der Waals surface area contributed by atoms with Gasteiger partial charge in [0, 0.05) is 0 Å². The zero-order valence-electron chi connectivity index (χ0n) is 10.3. The van der Waals surface area contributed by atoms with E-state index >= 15 is 0 Å². The van der Waals surface area contributed by atoms with Gasteiger partial charge in [-0.15, -0.1) is 0 Å². The van der Waals surface area contributed by atoms with Crippen molar-refractivity contribution in [2.75, 3.05) is 5.73 Å². The number of nitrogen functional groups attached to an aromatic ring is 1. The summed E-state index contributed by atoms with van der Waals surface area (Å²) in [5, 5.41) is 18.2. The number of hydrogen-bond acceptors (Lipinski definition) is 4. The summed E-state index contributed by atoms with van der Waals surface area (Å²) in [6, 6.07) is 13.6. The van der Waals surface area contributed by atoms with Crippen LogP contribution in [0, 0.1) is 22.7 Å². The minimum Gasteiger partial charge on any atom is -0.396 e. The van der Waals surface area contributed by atoms with Crippen LogP contribution in [0.3, 0.4) is 0 Å². The molecule has 2 rings (SSSR count). The number of nitrogens with two attached hydrogens (primary N) is 1. The van der Waals surface area contributed by atoms with E-state index in [0.29, 0.717) is 10.3 Å². The number of aromatic nitrogens is 1. The average molecular weight is 325 g/mol. The van der Waals surface area contributed by atoms with E-state index in [2.05, 4.69) is 20.9 Å². The standard InChI is InChI=1S/C15H9BrN4/c16-15-12(9-18)14(19)11(8-17)13(20-15)7-6-10-4-2-1-3-5-10/h1-7H,(H2,19,20)/b7-6+. The molecule has 1 heterocycles. The van der Waals surface area contributed by atoms with Crippen LogP contribution in [-0.2, 0) is 0 Å². The Balaban J connectivity index is 2.51. The topological polar surface area (TPSA) is 86.5 Å².